The third-order valence-electron chi connectivity index (χ3n) is 1.85. The van der Waals surface area contributed by atoms with Gasteiger partial charge in [0.25, 0.3) is 0 Å². The molecule has 4 heteroatoms. The van der Waals surface area contributed by atoms with Crippen molar-refractivity contribution in [2.45, 2.75) is 0 Å². The molecule has 2 heterocycles. The van der Waals surface area contributed by atoms with Crippen LogP contribution in [0.2, 0.25) is 5.15 Å². The molecule has 0 N–H and O–H groups in total. The van der Waals surface area contributed by atoms with Gasteiger partial charge in [0.2, 0.25) is 0 Å². The summed E-state index contributed by atoms with van der Waals surface area (Å²) in [7, 11) is 1.87. The maximum Gasteiger partial charge on any atom is 0.142 e. The van der Waals surface area contributed by atoms with Gasteiger partial charge in [0.1, 0.15) is 11.0 Å². The largest absolute Gasteiger partial charge is 0.318 e. The van der Waals surface area contributed by atoms with Crippen LogP contribution in [0, 0.1) is 0 Å². The molecule has 0 amide bonds. The first-order valence-corrected chi connectivity index (χ1v) is 4.24. The zero-order valence-corrected chi connectivity index (χ0v) is 7.86. The number of aromatic nitrogens is 3. The summed E-state index contributed by atoms with van der Waals surface area (Å²) in [5.74, 6) is 0.832. The quantitative estimate of drug-likeness (QED) is 0.695. The summed E-state index contributed by atoms with van der Waals surface area (Å²) in [6, 6.07) is 3.82. The highest BCUT2D eigenvalue weighted by atomic mass is 35.5. The highest BCUT2D eigenvalue weighted by Gasteiger charge is 2.05. The van der Waals surface area contributed by atoms with E-state index in [4.69, 9.17) is 11.6 Å². The number of halogens is 1. The third-order valence-corrected chi connectivity index (χ3v) is 2.20. The average Bonchev–Trinajstić information content (AvgIpc) is 2.49. The zero-order valence-electron chi connectivity index (χ0n) is 7.11. The van der Waals surface area contributed by atoms with E-state index in [0.29, 0.717) is 5.15 Å². The molecule has 2 aromatic heterocycles. The number of pyridine rings is 1. The Morgan fingerprint density at radius 2 is 2.23 bits per heavy atom. The summed E-state index contributed by atoms with van der Waals surface area (Å²) >= 11 is 5.86. The van der Waals surface area contributed by atoms with E-state index < -0.39 is 0 Å². The van der Waals surface area contributed by atoms with Gasteiger partial charge in [0.15, 0.2) is 0 Å². The fourth-order valence-corrected chi connectivity index (χ4v) is 1.28. The van der Waals surface area contributed by atoms with E-state index in [1.807, 2.05) is 23.7 Å². The minimum atomic E-state index is 0.624. The molecule has 2 aromatic rings. The van der Waals surface area contributed by atoms with Crippen molar-refractivity contribution < 1.29 is 0 Å². The second kappa shape index (κ2) is 3.18. The van der Waals surface area contributed by atoms with Gasteiger partial charge in [0, 0.05) is 25.0 Å². The Hall–Kier alpha value is -1.35. The first-order chi connectivity index (χ1) is 6.29. The van der Waals surface area contributed by atoms with E-state index in [1.54, 1.807) is 18.6 Å². The molecule has 0 aliphatic rings. The summed E-state index contributed by atoms with van der Waals surface area (Å²) in [6.45, 7) is 0. The van der Waals surface area contributed by atoms with Crippen molar-refractivity contribution in [2.75, 3.05) is 0 Å². The molecule has 66 valence electrons. The fraction of sp³-hybridized carbons (Fsp3) is 0.111. The molecule has 3 nitrogen and oxygen atoms in total. The van der Waals surface area contributed by atoms with Crippen LogP contribution < -0.4 is 0 Å². The standard InChI is InChI=1S/C9H8ClN3/c1-13-8(10)6-12-9(13)7-3-2-4-11-5-7/h2-6H,1H3. The molecule has 0 saturated heterocycles. The Bertz CT molecular complexity index is 408. The maximum absolute atomic E-state index is 5.86. The van der Waals surface area contributed by atoms with Gasteiger partial charge in [0.05, 0.1) is 6.20 Å². The molecular formula is C9H8ClN3. The average molecular weight is 194 g/mol. The zero-order chi connectivity index (χ0) is 9.26. The number of nitrogens with zero attached hydrogens (tertiary/aromatic N) is 3. The molecule has 0 aliphatic carbocycles. The Labute approximate surface area is 81.0 Å². The first kappa shape index (κ1) is 8.26. The molecule has 0 radical (unpaired) electrons. The highest BCUT2D eigenvalue weighted by Crippen LogP contribution is 2.19. The van der Waals surface area contributed by atoms with Gasteiger partial charge in [-0.25, -0.2) is 4.98 Å². The molecule has 0 spiro atoms. The van der Waals surface area contributed by atoms with Crippen LogP contribution in [0.4, 0.5) is 0 Å². The van der Waals surface area contributed by atoms with Crippen molar-refractivity contribution in [2.24, 2.45) is 7.05 Å². The molecule has 0 atom stereocenters. The van der Waals surface area contributed by atoms with Crippen LogP contribution in [-0.4, -0.2) is 14.5 Å². The minimum absolute atomic E-state index is 0.624. The molecule has 0 aromatic carbocycles. The van der Waals surface area contributed by atoms with E-state index >= 15 is 0 Å². The molecule has 13 heavy (non-hydrogen) atoms. The van der Waals surface area contributed by atoms with Gasteiger partial charge >= 0.3 is 0 Å². The maximum atomic E-state index is 5.86. The van der Waals surface area contributed by atoms with Gasteiger partial charge in [-0.05, 0) is 12.1 Å². The predicted octanol–water partition coefficient (Wildman–Crippen LogP) is 2.14. The van der Waals surface area contributed by atoms with Crippen LogP contribution in [0.5, 0.6) is 0 Å². The van der Waals surface area contributed by atoms with E-state index in [0.717, 1.165) is 11.4 Å². The lowest BCUT2D eigenvalue weighted by Crippen LogP contribution is -1.92. The van der Waals surface area contributed by atoms with Crippen molar-refractivity contribution in [3.8, 4) is 11.4 Å². The highest BCUT2D eigenvalue weighted by molar-refractivity contribution is 6.29. The normalized spacial score (nSPS) is 10.3. The molecule has 0 bridgehead atoms. The lowest BCUT2D eigenvalue weighted by Gasteiger charge is -2.00. The molecular weight excluding hydrogens is 186 g/mol. The Kier molecular flexibility index (Phi) is 2.02. The Balaban J connectivity index is 2.53. The van der Waals surface area contributed by atoms with Gasteiger partial charge in [-0.15, -0.1) is 0 Å². The van der Waals surface area contributed by atoms with Gasteiger partial charge in [-0.1, -0.05) is 11.6 Å². The number of imidazole rings is 1. The monoisotopic (exact) mass is 193 g/mol. The second-order valence-corrected chi connectivity index (χ2v) is 3.09. The van der Waals surface area contributed by atoms with Crippen molar-refractivity contribution >= 4 is 11.6 Å². The number of hydrogen-bond donors (Lipinski definition) is 0. The Morgan fingerprint density at radius 1 is 1.38 bits per heavy atom. The van der Waals surface area contributed by atoms with Crippen LogP contribution >= 0.6 is 11.6 Å². The first-order valence-electron chi connectivity index (χ1n) is 3.86. The van der Waals surface area contributed by atoms with Crippen molar-refractivity contribution in [3.05, 3.63) is 35.9 Å². The van der Waals surface area contributed by atoms with E-state index in [1.165, 1.54) is 0 Å². The van der Waals surface area contributed by atoms with Crippen LogP contribution in [0.1, 0.15) is 0 Å². The summed E-state index contributed by atoms with van der Waals surface area (Å²) < 4.78 is 1.82. The second-order valence-electron chi connectivity index (χ2n) is 2.71. The number of rotatable bonds is 1. The summed E-state index contributed by atoms with van der Waals surface area (Å²) in [4.78, 5) is 8.19. The van der Waals surface area contributed by atoms with Crippen molar-refractivity contribution in [1.29, 1.82) is 0 Å². The van der Waals surface area contributed by atoms with Crippen LogP contribution in [0.25, 0.3) is 11.4 Å². The summed E-state index contributed by atoms with van der Waals surface area (Å²) in [5.41, 5.74) is 0.969. The van der Waals surface area contributed by atoms with Crippen molar-refractivity contribution in [1.82, 2.24) is 14.5 Å². The van der Waals surface area contributed by atoms with Crippen LogP contribution in [-0.2, 0) is 7.05 Å². The van der Waals surface area contributed by atoms with Gasteiger partial charge in [-0.3, -0.25) is 4.98 Å². The topological polar surface area (TPSA) is 30.7 Å². The Morgan fingerprint density at radius 3 is 2.77 bits per heavy atom. The molecule has 2 rings (SSSR count). The lowest BCUT2D eigenvalue weighted by molar-refractivity contribution is 0.924. The van der Waals surface area contributed by atoms with Crippen LogP contribution in [0.15, 0.2) is 30.7 Å². The van der Waals surface area contributed by atoms with Gasteiger partial charge < -0.3 is 4.57 Å². The van der Waals surface area contributed by atoms with Gasteiger partial charge in [-0.2, -0.15) is 0 Å². The summed E-state index contributed by atoms with van der Waals surface area (Å²) in [6.07, 6.45) is 5.12. The lowest BCUT2D eigenvalue weighted by atomic mass is 10.3. The van der Waals surface area contributed by atoms with Crippen molar-refractivity contribution in [3.63, 3.8) is 0 Å². The number of hydrogen-bond acceptors (Lipinski definition) is 2. The molecule has 0 unspecified atom stereocenters. The molecule has 0 fully saturated rings. The SMILES string of the molecule is Cn1c(Cl)cnc1-c1cccnc1. The third kappa shape index (κ3) is 1.42. The molecule has 0 saturated carbocycles. The predicted molar refractivity (Wildman–Crippen MR) is 51.4 cm³/mol. The summed E-state index contributed by atoms with van der Waals surface area (Å²) in [5, 5.41) is 0.624. The van der Waals surface area contributed by atoms with E-state index in [9.17, 15) is 0 Å². The van der Waals surface area contributed by atoms with E-state index in [-0.39, 0.29) is 0 Å². The molecule has 0 aliphatic heterocycles. The van der Waals surface area contributed by atoms with E-state index in [2.05, 4.69) is 9.97 Å². The van der Waals surface area contributed by atoms with Crippen LogP contribution in [0.3, 0.4) is 0 Å². The smallest absolute Gasteiger partial charge is 0.142 e. The fourth-order valence-electron chi connectivity index (χ4n) is 1.15. The minimum Gasteiger partial charge on any atom is -0.318 e.